The summed E-state index contributed by atoms with van der Waals surface area (Å²) in [5.74, 6) is -0.272. The Morgan fingerprint density at radius 3 is 2.18 bits per heavy atom. The molecular formula is C13H19FN2O. The van der Waals surface area contributed by atoms with Gasteiger partial charge in [-0.15, -0.1) is 0 Å². The van der Waals surface area contributed by atoms with Gasteiger partial charge in [0.2, 0.25) is 5.91 Å². The SMILES string of the molecule is CC(C)C(NC(=O)[C@H](C)N)c1ccc(F)cc1. The minimum Gasteiger partial charge on any atom is -0.348 e. The van der Waals surface area contributed by atoms with E-state index >= 15 is 0 Å². The predicted molar refractivity (Wildman–Crippen MR) is 65.8 cm³/mol. The number of benzene rings is 1. The Balaban J connectivity index is 2.86. The molecule has 4 heteroatoms. The first-order valence-electron chi connectivity index (χ1n) is 5.73. The van der Waals surface area contributed by atoms with Gasteiger partial charge in [0.15, 0.2) is 0 Å². The summed E-state index contributed by atoms with van der Waals surface area (Å²) in [5.41, 5.74) is 6.40. The fourth-order valence-electron chi connectivity index (χ4n) is 1.59. The maximum absolute atomic E-state index is 12.8. The molecule has 0 spiro atoms. The first-order valence-corrected chi connectivity index (χ1v) is 5.73. The van der Waals surface area contributed by atoms with E-state index in [9.17, 15) is 9.18 Å². The Labute approximate surface area is 101 Å². The van der Waals surface area contributed by atoms with Gasteiger partial charge in [0, 0.05) is 0 Å². The summed E-state index contributed by atoms with van der Waals surface area (Å²) in [4.78, 5) is 11.6. The Bertz CT molecular complexity index is 374. The van der Waals surface area contributed by atoms with Crippen LogP contribution in [-0.4, -0.2) is 11.9 Å². The van der Waals surface area contributed by atoms with Crippen LogP contribution in [0.15, 0.2) is 24.3 Å². The molecule has 1 unspecified atom stereocenters. The Morgan fingerprint density at radius 1 is 1.24 bits per heavy atom. The van der Waals surface area contributed by atoms with Gasteiger partial charge in [0.1, 0.15) is 5.82 Å². The molecule has 0 aliphatic heterocycles. The molecule has 17 heavy (non-hydrogen) atoms. The Kier molecular flexibility index (Phi) is 4.63. The van der Waals surface area contributed by atoms with Gasteiger partial charge in [0.05, 0.1) is 12.1 Å². The second-order valence-corrected chi connectivity index (χ2v) is 4.57. The topological polar surface area (TPSA) is 55.1 Å². The number of amides is 1. The van der Waals surface area contributed by atoms with Gasteiger partial charge in [-0.1, -0.05) is 26.0 Å². The lowest BCUT2D eigenvalue weighted by molar-refractivity contribution is -0.123. The molecule has 0 saturated carbocycles. The first kappa shape index (κ1) is 13.6. The highest BCUT2D eigenvalue weighted by atomic mass is 19.1. The highest BCUT2D eigenvalue weighted by Crippen LogP contribution is 2.21. The van der Waals surface area contributed by atoms with E-state index in [2.05, 4.69) is 5.32 Å². The molecular weight excluding hydrogens is 219 g/mol. The average molecular weight is 238 g/mol. The van der Waals surface area contributed by atoms with E-state index in [0.29, 0.717) is 0 Å². The van der Waals surface area contributed by atoms with Gasteiger partial charge < -0.3 is 11.1 Å². The minimum atomic E-state index is -0.545. The molecule has 0 radical (unpaired) electrons. The molecule has 2 atom stereocenters. The van der Waals surface area contributed by atoms with E-state index in [1.807, 2.05) is 13.8 Å². The number of carbonyl (C=O) groups is 1. The molecule has 0 bridgehead atoms. The molecule has 0 aromatic heterocycles. The van der Waals surface area contributed by atoms with Crippen LogP contribution in [0.5, 0.6) is 0 Å². The summed E-state index contributed by atoms with van der Waals surface area (Å²) in [6, 6.07) is 5.46. The van der Waals surface area contributed by atoms with Crippen molar-refractivity contribution in [3.63, 3.8) is 0 Å². The van der Waals surface area contributed by atoms with E-state index < -0.39 is 6.04 Å². The third-order valence-electron chi connectivity index (χ3n) is 2.61. The van der Waals surface area contributed by atoms with Crippen molar-refractivity contribution in [3.8, 4) is 0 Å². The first-order chi connectivity index (χ1) is 7.91. The predicted octanol–water partition coefficient (Wildman–Crippen LogP) is 1.99. The van der Waals surface area contributed by atoms with Crippen LogP contribution in [0.4, 0.5) is 4.39 Å². The molecule has 3 nitrogen and oxygen atoms in total. The maximum atomic E-state index is 12.8. The summed E-state index contributed by atoms with van der Waals surface area (Å²) in [7, 11) is 0. The number of rotatable bonds is 4. The smallest absolute Gasteiger partial charge is 0.237 e. The number of nitrogens with one attached hydrogen (secondary N) is 1. The molecule has 1 rings (SSSR count). The summed E-state index contributed by atoms with van der Waals surface area (Å²) in [6.45, 7) is 5.63. The molecule has 1 aromatic carbocycles. The lowest BCUT2D eigenvalue weighted by atomic mass is 9.95. The van der Waals surface area contributed by atoms with Crippen LogP contribution >= 0.6 is 0 Å². The van der Waals surface area contributed by atoms with Crippen molar-refractivity contribution in [3.05, 3.63) is 35.6 Å². The standard InChI is InChI=1S/C13H19FN2O/c1-8(2)12(16-13(17)9(3)15)10-4-6-11(14)7-5-10/h4-9,12H,15H2,1-3H3,(H,16,17)/t9-,12?/m0/s1. The fraction of sp³-hybridized carbons (Fsp3) is 0.462. The molecule has 3 N–H and O–H groups in total. The maximum Gasteiger partial charge on any atom is 0.237 e. The molecule has 0 saturated heterocycles. The third kappa shape index (κ3) is 3.82. The van der Waals surface area contributed by atoms with Gasteiger partial charge in [-0.25, -0.2) is 4.39 Å². The zero-order chi connectivity index (χ0) is 13.0. The van der Waals surface area contributed by atoms with Crippen molar-refractivity contribution < 1.29 is 9.18 Å². The number of hydrogen-bond acceptors (Lipinski definition) is 2. The molecule has 0 aliphatic carbocycles. The monoisotopic (exact) mass is 238 g/mol. The normalized spacial score (nSPS) is 14.5. The van der Waals surface area contributed by atoms with Crippen LogP contribution in [-0.2, 0) is 4.79 Å². The zero-order valence-corrected chi connectivity index (χ0v) is 10.4. The van der Waals surface area contributed by atoms with Gasteiger partial charge in [-0.3, -0.25) is 4.79 Å². The molecule has 1 aromatic rings. The molecule has 0 fully saturated rings. The highest BCUT2D eigenvalue weighted by molar-refractivity contribution is 5.81. The van der Waals surface area contributed by atoms with Crippen LogP contribution in [0.2, 0.25) is 0 Å². The summed E-state index contributed by atoms with van der Waals surface area (Å²) < 4.78 is 12.8. The highest BCUT2D eigenvalue weighted by Gasteiger charge is 2.19. The van der Waals surface area contributed by atoms with E-state index in [0.717, 1.165) is 5.56 Å². The lowest BCUT2D eigenvalue weighted by Gasteiger charge is -2.23. The molecule has 0 aliphatic rings. The van der Waals surface area contributed by atoms with Crippen molar-refractivity contribution in [2.24, 2.45) is 11.7 Å². The van der Waals surface area contributed by atoms with Crippen LogP contribution < -0.4 is 11.1 Å². The largest absolute Gasteiger partial charge is 0.348 e. The quantitative estimate of drug-likeness (QED) is 0.842. The van der Waals surface area contributed by atoms with E-state index in [-0.39, 0.29) is 23.7 Å². The number of carbonyl (C=O) groups excluding carboxylic acids is 1. The van der Waals surface area contributed by atoms with Crippen LogP contribution in [0.25, 0.3) is 0 Å². The van der Waals surface area contributed by atoms with Crippen LogP contribution in [0, 0.1) is 11.7 Å². The van der Waals surface area contributed by atoms with Crippen molar-refractivity contribution in [2.75, 3.05) is 0 Å². The van der Waals surface area contributed by atoms with E-state index in [1.54, 1.807) is 19.1 Å². The molecule has 1 amide bonds. The van der Waals surface area contributed by atoms with Crippen molar-refractivity contribution >= 4 is 5.91 Å². The average Bonchev–Trinajstić information content (AvgIpc) is 2.26. The van der Waals surface area contributed by atoms with Gasteiger partial charge in [-0.05, 0) is 30.5 Å². The fourth-order valence-corrected chi connectivity index (χ4v) is 1.59. The summed E-state index contributed by atoms with van der Waals surface area (Å²) in [5, 5.41) is 2.87. The van der Waals surface area contributed by atoms with E-state index in [4.69, 9.17) is 5.73 Å². The third-order valence-corrected chi connectivity index (χ3v) is 2.61. The second kappa shape index (κ2) is 5.77. The Morgan fingerprint density at radius 2 is 1.76 bits per heavy atom. The van der Waals surface area contributed by atoms with Crippen LogP contribution in [0.3, 0.4) is 0 Å². The molecule has 94 valence electrons. The Hall–Kier alpha value is -1.42. The summed E-state index contributed by atoms with van der Waals surface area (Å²) >= 11 is 0. The number of hydrogen-bond donors (Lipinski definition) is 2. The van der Waals surface area contributed by atoms with Gasteiger partial charge in [0.25, 0.3) is 0 Å². The number of nitrogens with two attached hydrogens (primary N) is 1. The van der Waals surface area contributed by atoms with Gasteiger partial charge >= 0.3 is 0 Å². The zero-order valence-electron chi connectivity index (χ0n) is 10.4. The van der Waals surface area contributed by atoms with Crippen molar-refractivity contribution in [1.29, 1.82) is 0 Å². The number of halogens is 1. The van der Waals surface area contributed by atoms with Crippen molar-refractivity contribution in [2.45, 2.75) is 32.9 Å². The van der Waals surface area contributed by atoms with Crippen LogP contribution in [0.1, 0.15) is 32.4 Å². The van der Waals surface area contributed by atoms with Crippen molar-refractivity contribution in [1.82, 2.24) is 5.32 Å². The second-order valence-electron chi connectivity index (χ2n) is 4.57. The van der Waals surface area contributed by atoms with E-state index in [1.165, 1.54) is 12.1 Å². The summed E-state index contributed by atoms with van der Waals surface area (Å²) in [6.07, 6.45) is 0. The van der Waals surface area contributed by atoms with Gasteiger partial charge in [-0.2, -0.15) is 0 Å². The molecule has 0 heterocycles. The lowest BCUT2D eigenvalue weighted by Crippen LogP contribution is -2.41. The minimum absolute atomic E-state index is 0.144.